The topological polar surface area (TPSA) is 574 Å². The smallest absolute Gasteiger partial charge is 0.407 e. The summed E-state index contributed by atoms with van der Waals surface area (Å²) in [6.45, 7) is 40.7. The number of anilines is 3. The van der Waals surface area contributed by atoms with Gasteiger partial charge in [0.05, 0.1) is 57.8 Å². The number of nitrogens with zero attached hydrogens (tertiary/aromatic N) is 7. The lowest BCUT2D eigenvalue weighted by atomic mass is 9.88. The Morgan fingerprint density at radius 2 is 0.938 bits per heavy atom. The summed E-state index contributed by atoms with van der Waals surface area (Å²) >= 11 is 0. The Labute approximate surface area is 837 Å². The molecule has 1 aliphatic heterocycles. The number of amides is 3. The fourth-order valence-corrected chi connectivity index (χ4v) is 15.2. The number of nitrogens with one attached hydrogen (secondary N) is 7. The number of pyridine rings is 4. The second-order valence-corrected chi connectivity index (χ2v) is 35.0. The lowest BCUT2D eigenvalue weighted by Gasteiger charge is -2.39. The number of hydrogen-bond acceptors (Lipinski definition) is 30. The second-order valence-electron chi connectivity index (χ2n) is 35.0. The molecular weight excluding hydrogens is 1850 g/mol. The molecular formula is C105H132N16O23. The molecule has 2 aliphatic carbocycles. The number of hydrogen-bond donors (Lipinski definition) is 11. The molecule has 3 amide bonds. The number of rotatable bonds is 26. The van der Waals surface area contributed by atoms with E-state index in [9.17, 15) is 53.1 Å². The maximum absolute atomic E-state index is 13.9. The summed E-state index contributed by atoms with van der Waals surface area (Å²) < 4.78 is 56.9. The van der Waals surface area contributed by atoms with Crippen LogP contribution in [0.25, 0.3) is 27.1 Å². The highest BCUT2D eigenvalue weighted by Crippen LogP contribution is 2.39. The number of nitrogens with two attached hydrogens (primary N) is 2. The van der Waals surface area contributed by atoms with E-state index in [1.165, 1.54) is 33.5 Å². The summed E-state index contributed by atoms with van der Waals surface area (Å²) in [6.07, 6.45) is 6.54. The molecule has 5 aromatic heterocycles. The van der Waals surface area contributed by atoms with Crippen LogP contribution in [0.3, 0.4) is 0 Å². The van der Waals surface area contributed by atoms with Crippen molar-refractivity contribution in [1.82, 2.24) is 35.9 Å². The van der Waals surface area contributed by atoms with Gasteiger partial charge in [0.15, 0.2) is 16.7 Å². The van der Waals surface area contributed by atoms with Crippen molar-refractivity contribution in [2.45, 2.75) is 210 Å². The van der Waals surface area contributed by atoms with Gasteiger partial charge in [0.2, 0.25) is 11.3 Å². The van der Waals surface area contributed by atoms with Crippen molar-refractivity contribution in [1.29, 1.82) is 21.0 Å². The average molecular weight is 1990 g/mol. The zero-order chi connectivity index (χ0) is 107. The standard InChI is InChI=1S/C38H52N4O7.C30H42N2O6.C8H12N2O2.C8H8N2O2.2C7H6N2O2.C4H4O2.C3H2N2/c1-9-42(29-14-12-28(13-15-29)41-37(45)49-38(4,5)6)33-22-27(26-10-16-30(17-11-26)48-19-18-46-7)21-31(25(33)3)35(43)39-23-32-34(47-8)20-24(2)40-36(32)44;1-7-32(24-12-10-23(11-13-24)31-29(35)38-30(3,4)5)27-19-22(18-26(20(27)2)28(33)34)21-8-14-25(15-9-21)37-17-16-36-6;2*1-5-3-7(12-2)6(4-9)8(11)10-5;1-4-2-6(10)5(3-8)7(9)11-4;1-4-2-6(10)5(3-8)7(11)9-4;1-3-2-4(5)6-3;1-5-3-2-4/h10-11,16-17,20-22,28-29H,9,12-15,18-19,23H2,1-8H3,(H,39,43)(H,40,44)(H,41,45);8-9,14-15,18-19,23-24H,7,10-13,16-17H2,1-6H3,(H,31,35)(H,33,34);3H,4,9H2,1-2H3,(H,10,11);3H,1-2H3,(H,10,11);2H,9H2,1H3;2H,1H3,(H2,9,10,11);1-2H2;3H2. The number of aromatic hydroxyl groups is 1. The van der Waals surface area contributed by atoms with Crippen molar-refractivity contribution in [2.75, 3.05) is 97.1 Å². The number of ether oxygens (including phenoxy) is 10. The zero-order valence-corrected chi connectivity index (χ0v) is 85.3. The average Bonchev–Trinajstić information content (AvgIpc) is 0.781. The summed E-state index contributed by atoms with van der Waals surface area (Å²) in [7, 11) is 7.72. The number of carboxylic acids is 1. The van der Waals surface area contributed by atoms with Gasteiger partial charge in [-0.15, -0.1) is 0 Å². The van der Waals surface area contributed by atoms with Gasteiger partial charge >= 0.3 is 24.1 Å². The number of carbonyl (C=O) groups is 5. The molecule has 39 heteroatoms. The Hall–Kier alpha value is -16.2. The van der Waals surface area contributed by atoms with Gasteiger partial charge in [-0.2, -0.15) is 21.0 Å². The van der Waals surface area contributed by atoms with Gasteiger partial charge < -0.3 is 124 Å². The Balaban J connectivity index is 0.000000332. The molecule has 3 fully saturated rings. The monoisotopic (exact) mass is 1980 g/mol. The van der Waals surface area contributed by atoms with E-state index in [1.807, 2.05) is 110 Å². The second kappa shape index (κ2) is 58.2. The van der Waals surface area contributed by atoms with Crippen LogP contribution in [-0.2, 0) is 41.6 Å². The third kappa shape index (κ3) is 37.5. The van der Waals surface area contributed by atoms with E-state index in [1.54, 1.807) is 97.4 Å². The van der Waals surface area contributed by atoms with Crippen LogP contribution in [0.1, 0.15) is 201 Å². The van der Waals surface area contributed by atoms with Crippen LogP contribution in [0, 0.1) is 100 Å². The van der Waals surface area contributed by atoms with E-state index in [0.717, 1.165) is 126 Å². The van der Waals surface area contributed by atoms with E-state index in [0.29, 0.717) is 101 Å². The number of aromatic carboxylic acids is 1. The van der Waals surface area contributed by atoms with Crippen LogP contribution in [0.2, 0.25) is 0 Å². The van der Waals surface area contributed by atoms with Gasteiger partial charge in [0.25, 0.3) is 34.7 Å². The number of aryl methyl sites for hydroxylation is 5. The first kappa shape index (κ1) is 118. The molecule has 39 nitrogen and oxygen atoms in total. The zero-order valence-electron chi connectivity index (χ0n) is 85.3. The van der Waals surface area contributed by atoms with Crippen LogP contribution in [0.5, 0.6) is 34.5 Å². The van der Waals surface area contributed by atoms with Crippen molar-refractivity contribution >= 4 is 47.3 Å². The number of esters is 1. The van der Waals surface area contributed by atoms with Gasteiger partial charge in [0, 0.05) is 116 Å². The van der Waals surface area contributed by atoms with Crippen molar-refractivity contribution in [3.05, 3.63) is 257 Å². The number of carbonyl (C=O) groups excluding carboxylic acids is 4. The molecule has 770 valence electrons. The van der Waals surface area contributed by atoms with Gasteiger partial charge in [-0.1, -0.05) is 30.8 Å². The number of cyclic esters (lactones) is 1. The van der Waals surface area contributed by atoms with Crippen LogP contribution in [0.15, 0.2) is 144 Å². The molecule has 0 atom stereocenters. The molecule has 0 spiro atoms. The Kier molecular flexibility index (Phi) is 47.8. The SMILES string of the molecule is C=C1CC(=O)O1.CCN(c1cc(-c2ccc(OCCOC)cc2)cc(C(=O)NCc2c(OC)cc(C)[nH]c2=O)c1C)C1CCC(NC(=O)OC(C)(C)C)CC1.CCN(c1cc(-c2ccc(OCCOC)cc2)cc(C(=O)O)c1C)C1CCC(NC(=O)OC(C)(C)C)CC1.COc1cc(C)[nH]c(=O)c1C#N.COc1cc(C)[nH]c(=O)c1CN.Cc1cc(=O)c(C#N)c(N)o1.Cc1cc(O)c(C#N)c(=O)[nH]1.[C-]#[N+]CC#N. The highest BCUT2D eigenvalue weighted by molar-refractivity contribution is 5.99. The Morgan fingerprint density at radius 1 is 0.542 bits per heavy atom. The quantitative estimate of drug-likeness (QED) is 0.00788. The highest BCUT2D eigenvalue weighted by atomic mass is 16.6. The number of H-pyrrole nitrogens is 4. The minimum Gasteiger partial charge on any atom is -0.506 e. The molecule has 0 bridgehead atoms. The molecule has 3 aliphatic rings. The number of alkyl carbamates (subject to hydrolysis) is 2. The first-order valence-electron chi connectivity index (χ1n) is 46.1. The van der Waals surface area contributed by atoms with E-state index in [4.69, 9.17) is 91.2 Å². The maximum Gasteiger partial charge on any atom is 0.407 e. The van der Waals surface area contributed by atoms with E-state index >= 15 is 0 Å². The molecule has 9 aromatic rings. The van der Waals surface area contributed by atoms with Crippen molar-refractivity contribution in [3.63, 3.8) is 0 Å². The number of nitrogen functional groups attached to an aromatic ring is 1. The number of aromatic nitrogens is 4. The number of aromatic amines is 4. The largest absolute Gasteiger partial charge is 0.506 e. The number of nitriles is 4. The minimum atomic E-state index is -0.938. The van der Waals surface area contributed by atoms with Gasteiger partial charge in [0.1, 0.15) is 101 Å². The van der Waals surface area contributed by atoms with Crippen molar-refractivity contribution in [3.8, 4) is 81.0 Å². The van der Waals surface area contributed by atoms with Gasteiger partial charge in [-0.3, -0.25) is 33.6 Å². The summed E-state index contributed by atoms with van der Waals surface area (Å²) in [5, 5.41) is 61.0. The first-order chi connectivity index (χ1) is 68.2. The predicted molar refractivity (Wildman–Crippen MR) is 545 cm³/mol. The van der Waals surface area contributed by atoms with Crippen LogP contribution in [-0.4, -0.2) is 177 Å². The van der Waals surface area contributed by atoms with Gasteiger partial charge in [-0.25, -0.2) is 21.0 Å². The lowest BCUT2D eigenvalue weighted by Crippen LogP contribution is -2.45. The lowest BCUT2D eigenvalue weighted by molar-refractivity contribution is -0.148. The molecule has 13 N–H and O–H groups in total. The van der Waals surface area contributed by atoms with Crippen LogP contribution >= 0.6 is 0 Å². The normalized spacial score (nSPS) is 14.0. The van der Waals surface area contributed by atoms with Gasteiger partial charge in [-0.05, 0) is 249 Å². The minimum absolute atomic E-state index is 0.0102. The molecule has 6 heterocycles. The predicted octanol–water partition coefficient (Wildman–Crippen LogP) is 14.6. The molecule has 0 unspecified atom stereocenters. The van der Waals surface area contributed by atoms with E-state index in [-0.39, 0.29) is 107 Å². The molecule has 2 saturated carbocycles. The Morgan fingerprint density at radius 3 is 1.28 bits per heavy atom. The summed E-state index contributed by atoms with van der Waals surface area (Å²) in [4.78, 5) is 135. The number of benzene rings is 4. The van der Waals surface area contributed by atoms with Crippen molar-refractivity contribution < 1.29 is 86.0 Å². The van der Waals surface area contributed by atoms with E-state index < -0.39 is 33.7 Å². The number of carboxylic acid groups (broad SMARTS) is 1. The molecule has 4 aromatic carbocycles. The fourth-order valence-electron chi connectivity index (χ4n) is 15.2. The summed E-state index contributed by atoms with van der Waals surface area (Å²) in [6, 6.07) is 38.3. The van der Waals surface area contributed by atoms with Crippen LogP contribution < -0.4 is 88.6 Å². The molecule has 1 saturated heterocycles. The maximum atomic E-state index is 13.9. The van der Waals surface area contributed by atoms with E-state index in [2.05, 4.69) is 87.8 Å². The summed E-state index contributed by atoms with van der Waals surface area (Å²) in [5.41, 5.74) is 18.8. The Bertz CT molecular complexity index is 6310. The molecule has 12 rings (SSSR count). The molecule has 144 heavy (non-hydrogen) atoms. The summed E-state index contributed by atoms with van der Waals surface area (Å²) in [5.74, 6) is 1.98. The number of methoxy groups -OCH3 is 5. The highest BCUT2D eigenvalue weighted by Gasteiger charge is 2.33. The fraction of sp³-hybridized carbons (Fsp3) is 0.419. The first-order valence-corrected chi connectivity index (χ1v) is 46.1. The molecule has 0 radical (unpaired) electrons. The third-order valence-electron chi connectivity index (χ3n) is 22.0. The van der Waals surface area contributed by atoms with Crippen molar-refractivity contribution in [2.24, 2.45) is 5.73 Å². The third-order valence-corrected chi connectivity index (χ3v) is 22.0. The van der Waals surface area contributed by atoms with Crippen LogP contribution in [0.4, 0.5) is 26.8 Å².